The summed E-state index contributed by atoms with van der Waals surface area (Å²) in [4.78, 5) is 4.50. The molecule has 1 unspecified atom stereocenters. The van der Waals surface area contributed by atoms with E-state index >= 15 is 0 Å². The first-order chi connectivity index (χ1) is 9.40. The molecule has 1 fully saturated rings. The molecule has 1 aliphatic rings. The summed E-state index contributed by atoms with van der Waals surface area (Å²) >= 11 is 5.56. The number of aromatic nitrogens is 2. The minimum Gasteiger partial charge on any atom is -0.402 e. The van der Waals surface area contributed by atoms with Crippen molar-refractivity contribution in [1.82, 2.24) is 9.78 Å². The Morgan fingerprint density at radius 3 is 2.80 bits per heavy atom. The third-order valence-corrected chi connectivity index (χ3v) is 4.73. The number of rotatable bonds is 5. The Bertz CT molecular complexity index is 559. The van der Waals surface area contributed by atoms with Crippen LogP contribution in [0.2, 0.25) is 0 Å². The Hall–Kier alpha value is -0.410. The maximum absolute atomic E-state index is 10.6. The fraction of sp³-hybridized carbons (Fsp3) is 0.538. The zero-order chi connectivity index (χ0) is 14.9. The lowest BCUT2D eigenvalue weighted by atomic mass is 10.0. The number of aliphatic hydroxyl groups excluding tert-OH is 1. The number of aliphatic hydroxyl groups is 1. The predicted molar refractivity (Wildman–Crippen MR) is 91.7 cm³/mol. The second-order valence-corrected chi connectivity index (χ2v) is 6.90. The third kappa shape index (κ3) is 3.82. The van der Waals surface area contributed by atoms with Crippen LogP contribution in [-0.2, 0) is 7.05 Å². The van der Waals surface area contributed by atoms with Gasteiger partial charge in [0.1, 0.15) is 14.4 Å². The number of aliphatic imine (C=N–C) groups is 1. The number of halogens is 2. The van der Waals surface area contributed by atoms with Crippen LogP contribution >= 0.6 is 38.5 Å². The van der Waals surface area contributed by atoms with Crippen LogP contribution in [0.25, 0.3) is 0 Å². The number of allylic oxidation sites excluding steroid dienone is 1. The zero-order valence-corrected chi connectivity index (χ0v) is 15.2. The van der Waals surface area contributed by atoms with Crippen molar-refractivity contribution in [2.75, 3.05) is 6.54 Å². The first-order valence-corrected chi connectivity index (χ1v) is 8.31. The van der Waals surface area contributed by atoms with Gasteiger partial charge in [-0.05, 0) is 64.2 Å². The predicted octanol–water partition coefficient (Wildman–Crippen LogP) is 2.49. The molecular formula is C13H18BrIN4O. The van der Waals surface area contributed by atoms with Crippen molar-refractivity contribution in [3.63, 3.8) is 0 Å². The Morgan fingerprint density at radius 2 is 2.35 bits per heavy atom. The Kier molecular flexibility index (Phi) is 5.25. The lowest BCUT2D eigenvalue weighted by Gasteiger charge is -2.15. The fourth-order valence-corrected chi connectivity index (χ4v) is 3.35. The van der Waals surface area contributed by atoms with Crippen LogP contribution in [0, 0.1) is 9.62 Å². The van der Waals surface area contributed by atoms with Gasteiger partial charge in [0.15, 0.2) is 0 Å². The highest BCUT2D eigenvalue weighted by Crippen LogP contribution is 2.32. The van der Waals surface area contributed by atoms with Gasteiger partial charge in [-0.2, -0.15) is 5.10 Å². The van der Waals surface area contributed by atoms with Gasteiger partial charge < -0.3 is 10.8 Å². The molecule has 1 aliphatic carbocycles. The van der Waals surface area contributed by atoms with E-state index in [1.165, 1.54) is 12.8 Å². The topological polar surface area (TPSA) is 76.4 Å². The first kappa shape index (κ1) is 16.0. The molecule has 1 saturated carbocycles. The van der Waals surface area contributed by atoms with E-state index in [9.17, 15) is 5.11 Å². The number of nitrogens with zero attached hydrogens (tertiary/aromatic N) is 3. The normalized spacial score (nSPS) is 18.9. The Balaban J connectivity index is 2.26. The largest absolute Gasteiger partial charge is 0.402 e. The van der Waals surface area contributed by atoms with Gasteiger partial charge in [0.2, 0.25) is 0 Å². The molecule has 0 radical (unpaired) electrons. The second kappa shape index (κ2) is 6.57. The van der Waals surface area contributed by atoms with Gasteiger partial charge in [-0.1, -0.05) is 0 Å². The number of hydrogen-bond donors (Lipinski definition) is 2. The van der Waals surface area contributed by atoms with Crippen molar-refractivity contribution in [2.24, 2.45) is 23.7 Å². The molecule has 110 valence electrons. The Labute approximate surface area is 140 Å². The van der Waals surface area contributed by atoms with Crippen LogP contribution in [0.5, 0.6) is 0 Å². The van der Waals surface area contributed by atoms with E-state index in [-0.39, 0.29) is 0 Å². The summed E-state index contributed by atoms with van der Waals surface area (Å²) in [7, 11) is 1.83. The summed E-state index contributed by atoms with van der Waals surface area (Å²) in [6, 6.07) is 0. The molecule has 1 heterocycles. The van der Waals surface area contributed by atoms with Gasteiger partial charge in [-0.25, -0.2) is 0 Å². The van der Waals surface area contributed by atoms with Crippen LogP contribution in [0.4, 0.5) is 0 Å². The smallest absolute Gasteiger partial charge is 0.129 e. The molecule has 1 aromatic rings. The second-order valence-electron chi connectivity index (χ2n) is 5.12. The van der Waals surface area contributed by atoms with Crippen molar-refractivity contribution >= 4 is 43.1 Å². The van der Waals surface area contributed by atoms with Gasteiger partial charge in [0.25, 0.3) is 0 Å². The van der Waals surface area contributed by atoms with Gasteiger partial charge in [-0.3, -0.25) is 9.67 Å². The number of hydrogen-bond acceptors (Lipinski definition) is 4. The van der Waals surface area contributed by atoms with E-state index < -0.39 is 6.10 Å². The van der Waals surface area contributed by atoms with Gasteiger partial charge >= 0.3 is 0 Å². The molecule has 7 heteroatoms. The molecule has 0 aromatic carbocycles. The van der Waals surface area contributed by atoms with E-state index in [2.05, 4.69) is 48.6 Å². The molecule has 1 atom stereocenters. The third-order valence-electron chi connectivity index (χ3n) is 3.21. The lowest BCUT2D eigenvalue weighted by Crippen LogP contribution is -2.14. The summed E-state index contributed by atoms with van der Waals surface area (Å²) in [5, 5.41) is 14.8. The summed E-state index contributed by atoms with van der Waals surface area (Å²) in [5.74, 6) is 0.692. The molecule has 5 nitrogen and oxygen atoms in total. The fourth-order valence-electron chi connectivity index (χ4n) is 1.90. The van der Waals surface area contributed by atoms with Gasteiger partial charge in [0, 0.05) is 36.6 Å². The van der Waals surface area contributed by atoms with Crippen LogP contribution in [-0.4, -0.2) is 26.1 Å². The summed E-state index contributed by atoms with van der Waals surface area (Å²) in [5.41, 5.74) is 7.86. The van der Waals surface area contributed by atoms with Crippen LogP contribution < -0.4 is 5.73 Å². The first-order valence-electron chi connectivity index (χ1n) is 6.43. The average molecular weight is 453 g/mol. The molecule has 3 N–H and O–H groups in total. The van der Waals surface area contributed by atoms with E-state index in [0.717, 1.165) is 15.8 Å². The maximum Gasteiger partial charge on any atom is 0.129 e. The van der Waals surface area contributed by atoms with Crippen molar-refractivity contribution < 1.29 is 5.11 Å². The molecule has 0 aliphatic heterocycles. The highest BCUT2D eigenvalue weighted by Gasteiger charge is 2.25. The van der Waals surface area contributed by atoms with Crippen LogP contribution in [0.3, 0.4) is 0 Å². The maximum atomic E-state index is 10.6. The van der Waals surface area contributed by atoms with E-state index in [0.29, 0.717) is 21.8 Å². The quantitative estimate of drug-likeness (QED) is 0.532. The molecule has 0 amide bonds. The van der Waals surface area contributed by atoms with Crippen LogP contribution in [0.15, 0.2) is 22.5 Å². The highest BCUT2D eigenvalue weighted by atomic mass is 127. The van der Waals surface area contributed by atoms with E-state index in [1.54, 1.807) is 17.8 Å². The SMILES string of the molecule is CC(N)=C(C(Br)=NCC1CC1)C(O)c1cn(C)nc1I. The molecule has 2 rings (SSSR count). The van der Waals surface area contributed by atoms with Crippen molar-refractivity contribution in [2.45, 2.75) is 25.9 Å². The standard InChI is InChI=1S/C13H18BrIN4O/c1-7(16)10(12(14)17-5-8-3-4-8)11(20)9-6-19(2)18-13(9)15/h6,8,11,20H,3-5,16H2,1-2H3. The molecule has 0 saturated heterocycles. The average Bonchev–Trinajstić information content (AvgIpc) is 3.11. The summed E-state index contributed by atoms with van der Waals surface area (Å²) in [6.45, 7) is 2.56. The summed E-state index contributed by atoms with van der Waals surface area (Å²) in [6.07, 6.45) is 3.47. The molecule has 20 heavy (non-hydrogen) atoms. The minimum atomic E-state index is -0.821. The van der Waals surface area contributed by atoms with Crippen molar-refractivity contribution in [3.05, 3.63) is 26.7 Å². The molecule has 0 bridgehead atoms. The molecular weight excluding hydrogens is 435 g/mol. The Morgan fingerprint density at radius 1 is 1.70 bits per heavy atom. The lowest BCUT2D eigenvalue weighted by molar-refractivity contribution is 0.220. The minimum absolute atomic E-state index is 0.559. The van der Waals surface area contributed by atoms with Gasteiger partial charge in [0.05, 0.1) is 0 Å². The number of aryl methyl sites for hydroxylation is 1. The van der Waals surface area contributed by atoms with E-state index in [4.69, 9.17) is 5.73 Å². The van der Waals surface area contributed by atoms with Gasteiger partial charge in [-0.15, -0.1) is 0 Å². The number of nitrogens with two attached hydrogens (primary N) is 1. The van der Waals surface area contributed by atoms with Crippen LogP contribution in [0.1, 0.15) is 31.4 Å². The van der Waals surface area contributed by atoms with Crippen molar-refractivity contribution in [3.8, 4) is 0 Å². The van der Waals surface area contributed by atoms with Crippen molar-refractivity contribution in [1.29, 1.82) is 0 Å². The zero-order valence-electron chi connectivity index (χ0n) is 11.5. The summed E-state index contributed by atoms with van der Waals surface area (Å²) < 4.78 is 3.08. The highest BCUT2D eigenvalue weighted by molar-refractivity contribution is 14.1. The molecule has 0 spiro atoms. The van der Waals surface area contributed by atoms with E-state index in [1.807, 2.05) is 7.05 Å². The molecule has 1 aromatic heterocycles. The monoisotopic (exact) mass is 452 g/mol.